The van der Waals surface area contributed by atoms with Crippen LogP contribution in [0.2, 0.25) is 10.0 Å². The molecular formula is C29H25Cl2N3O3. The number of hydrogen-bond acceptors (Lipinski definition) is 4. The van der Waals surface area contributed by atoms with Crippen LogP contribution in [0.4, 0.5) is 5.95 Å². The molecule has 4 aromatic rings. The van der Waals surface area contributed by atoms with Crippen molar-refractivity contribution in [2.45, 2.75) is 39.2 Å². The van der Waals surface area contributed by atoms with Crippen LogP contribution in [0, 0.1) is 6.92 Å². The fourth-order valence-electron chi connectivity index (χ4n) is 4.55. The maximum atomic E-state index is 13.5. The number of aliphatic hydroxyl groups is 1. The summed E-state index contributed by atoms with van der Waals surface area (Å²) in [4.78, 5) is 36.0. The molecule has 0 spiro atoms. The molecule has 2 N–H and O–H groups in total. The number of aromatic amines is 1. The van der Waals surface area contributed by atoms with Gasteiger partial charge in [0, 0.05) is 5.56 Å². The number of Topliss-reactive ketones (excluding diaryl/α,β-unsaturated/α-hetero) is 1. The Labute approximate surface area is 224 Å². The van der Waals surface area contributed by atoms with Crippen LogP contribution >= 0.6 is 23.2 Å². The number of H-pyrrole nitrogens is 1. The quantitative estimate of drug-likeness (QED) is 0.167. The van der Waals surface area contributed by atoms with E-state index in [4.69, 9.17) is 23.2 Å². The van der Waals surface area contributed by atoms with Gasteiger partial charge in [-0.3, -0.25) is 14.5 Å². The van der Waals surface area contributed by atoms with E-state index in [0.717, 1.165) is 16.6 Å². The lowest BCUT2D eigenvalue weighted by Crippen LogP contribution is -2.30. The number of carbonyl (C=O) groups is 2. The van der Waals surface area contributed by atoms with Crippen molar-refractivity contribution in [1.82, 2.24) is 9.97 Å². The Morgan fingerprint density at radius 1 is 0.973 bits per heavy atom. The summed E-state index contributed by atoms with van der Waals surface area (Å²) in [6.07, 6.45) is 0. The molecule has 2 heterocycles. The molecule has 1 amide bonds. The number of anilines is 1. The van der Waals surface area contributed by atoms with Crippen molar-refractivity contribution >= 4 is 57.6 Å². The number of hydrogen-bond donors (Lipinski definition) is 2. The first-order valence-corrected chi connectivity index (χ1v) is 12.5. The van der Waals surface area contributed by atoms with Crippen LogP contribution in [-0.2, 0) is 15.0 Å². The highest BCUT2D eigenvalue weighted by Crippen LogP contribution is 2.42. The molecule has 1 aliphatic rings. The third kappa shape index (κ3) is 4.41. The van der Waals surface area contributed by atoms with Crippen LogP contribution < -0.4 is 4.90 Å². The Bertz CT molecular complexity index is 1600. The zero-order valence-corrected chi connectivity index (χ0v) is 22.3. The third-order valence-electron chi connectivity index (χ3n) is 6.58. The van der Waals surface area contributed by atoms with Crippen molar-refractivity contribution in [1.29, 1.82) is 0 Å². The Morgan fingerprint density at radius 2 is 1.68 bits per heavy atom. The van der Waals surface area contributed by atoms with E-state index in [1.807, 2.05) is 49.4 Å². The first kappa shape index (κ1) is 25.1. The number of nitrogens with zero attached hydrogens (tertiary/aromatic N) is 2. The standard InChI is InChI=1S/C29H25Cl2N3O3/c1-15-5-12-21-22(13-15)33-28(32-21)34-24(16-6-9-18(10-7-16)29(2,3)4)23(26(36)27(34)37)25(35)17-8-11-19(30)20(31)14-17/h5-14,24,35H,1-4H3,(H,32,33)/b25-23+. The second-order valence-electron chi connectivity index (χ2n) is 10.3. The van der Waals surface area contributed by atoms with E-state index >= 15 is 0 Å². The summed E-state index contributed by atoms with van der Waals surface area (Å²) in [5.41, 5.74) is 4.32. The molecule has 3 aromatic carbocycles. The summed E-state index contributed by atoms with van der Waals surface area (Å²) in [6, 6.07) is 17.0. The minimum atomic E-state index is -0.912. The van der Waals surface area contributed by atoms with Crippen molar-refractivity contribution in [2.75, 3.05) is 4.90 Å². The van der Waals surface area contributed by atoms with E-state index < -0.39 is 17.7 Å². The summed E-state index contributed by atoms with van der Waals surface area (Å²) in [6.45, 7) is 8.28. The van der Waals surface area contributed by atoms with Crippen LogP contribution in [-0.4, -0.2) is 26.8 Å². The SMILES string of the molecule is Cc1ccc2nc(N3C(=O)C(=O)/C(=C(/O)c4ccc(Cl)c(Cl)c4)C3c3ccc(C(C)(C)C)cc3)[nH]c2c1. The molecule has 1 unspecified atom stereocenters. The molecule has 0 radical (unpaired) electrons. The van der Waals surface area contributed by atoms with Crippen LogP contribution in [0.15, 0.2) is 66.2 Å². The van der Waals surface area contributed by atoms with E-state index in [-0.39, 0.29) is 33.3 Å². The Morgan fingerprint density at radius 3 is 2.32 bits per heavy atom. The molecule has 1 saturated heterocycles. The number of aromatic nitrogens is 2. The Hall–Kier alpha value is -3.61. The van der Waals surface area contributed by atoms with E-state index in [1.54, 1.807) is 6.07 Å². The van der Waals surface area contributed by atoms with Gasteiger partial charge in [0.1, 0.15) is 5.76 Å². The van der Waals surface area contributed by atoms with Gasteiger partial charge in [0.2, 0.25) is 5.95 Å². The molecule has 6 nitrogen and oxygen atoms in total. The summed E-state index contributed by atoms with van der Waals surface area (Å²) in [7, 11) is 0. The number of aliphatic hydroxyl groups excluding tert-OH is 1. The number of imidazole rings is 1. The predicted octanol–water partition coefficient (Wildman–Crippen LogP) is 7.10. The lowest BCUT2D eigenvalue weighted by atomic mass is 9.85. The summed E-state index contributed by atoms with van der Waals surface area (Å²) in [5.74, 6) is -1.72. The molecule has 37 heavy (non-hydrogen) atoms. The van der Waals surface area contributed by atoms with E-state index in [0.29, 0.717) is 16.1 Å². The Balaban J connectivity index is 1.72. The van der Waals surface area contributed by atoms with Crippen molar-refractivity contribution < 1.29 is 14.7 Å². The maximum Gasteiger partial charge on any atom is 0.302 e. The molecule has 1 aromatic heterocycles. The zero-order valence-electron chi connectivity index (χ0n) is 20.8. The molecule has 0 aliphatic carbocycles. The molecule has 8 heteroatoms. The molecule has 0 saturated carbocycles. The fourth-order valence-corrected chi connectivity index (χ4v) is 4.85. The lowest BCUT2D eigenvalue weighted by Gasteiger charge is -2.25. The predicted molar refractivity (Wildman–Crippen MR) is 147 cm³/mol. The van der Waals surface area contributed by atoms with Gasteiger partial charge in [0.05, 0.1) is 32.7 Å². The van der Waals surface area contributed by atoms with E-state index in [9.17, 15) is 14.7 Å². The van der Waals surface area contributed by atoms with Gasteiger partial charge in [0.15, 0.2) is 0 Å². The molecule has 0 bridgehead atoms. The Kier molecular flexibility index (Phi) is 6.13. The van der Waals surface area contributed by atoms with Crippen molar-refractivity contribution in [3.8, 4) is 0 Å². The highest BCUT2D eigenvalue weighted by Gasteiger charge is 2.48. The van der Waals surface area contributed by atoms with E-state index in [1.165, 1.54) is 17.0 Å². The number of carbonyl (C=O) groups excluding carboxylic acids is 2. The normalized spacial score (nSPS) is 17.7. The average Bonchev–Trinajstić information content (AvgIpc) is 3.37. The topological polar surface area (TPSA) is 86.3 Å². The lowest BCUT2D eigenvalue weighted by molar-refractivity contribution is -0.132. The minimum absolute atomic E-state index is 0.0523. The fraction of sp³-hybridized carbons (Fsp3) is 0.207. The number of halogens is 2. The molecule has 1 aliphatic heterocycles. The van der Waals surface area contributed by atoms with Gasteiger partial charge in [-0.05, 0) is 59.4 Å². The highest BCUT2D eigenvalue weighted by molar-refractivity contribution is 6.51. The van der Waals surface area contributed by atoms with Crippen LogP contribution in [0.5, 0.6) is 0 Å². The molecule has 1 atom stereocenters. The van der Waals surface area contributed by atoms with Gasteiger partial charge in [-0.1, -0.05) is 74.3 Å². The minimum Gasteiger partial charge on any atom is -0.507 e. The second-order valence-corrected chi connectivity index (χ2v) is 11.1. The molecular weight excluding hydrogens is 509 g/mol. The number of nitrogens with one attached hydrogen (secondary N) is 1. The highest BCUT2D eigenvalue weighted by atomic mass is 35.5. The van der Waals surface area contributed by atoms with Gasteiger partial charge < -0.3 is 10.1 Å². The molecule has 5 rings (SSSR count). The number of rotatable bonds is 3. The van der Waals surface area contributed by atoms with Gasteiger partial charge in [-0.25, -0.2) is 4.98 Å². The van der Waals surface area contributed by atoms with Gasteiger partial charge >= 0.3 is 5.91 Å². The summed E-state index contributed by atoms with van der Waals surface area (Å²) >= 11 is 12.2. The molecule has 188 valence electrons. The number of benzene rings is 3. The number of amides is 1. The summed E-state index contributed by atoms with van der Waals surface area (Å²) < 4.78 is 0. The van der Waals surface area contributed by atoms with Crippen LogP contribution in [0.1, 0.15) is 49.1 Å². The van der Waals surface area contributed by atoms with Crippen molar-refractivity contribution in [2.24, 2.45) is 0 Å². The second kappa shape index (κ2) is 9.05. The average molecular weight is 534 g/mol. The van der Waals surface area contributed by atoms with E-state index in [2.05, 4.69) is 30.7 Å². The van der Waals surface area contributed by atoms with Crippen molar-refractivity contribution in [3.05, 3.63) is 98.5 Å². The maximum absolute atomic E-state index is 13.5. The number of ketones is 1. The van der Waals surface area contributed by atoms with Gasteiger partial charge in [0.25, 0.3) is 5.78 Å². The monoisotopic (exact) mass is 533 g/mol. The van der Waals surface area contributed by atoms with Crippen LogP contribution in [0.3, 0.4) is 0 Å². The van der Waals surface area contributed by atoms with Crippen molar-refractivity contribution in [3.63, 3.8) is 0 Å². The smallest absolute Gasteiger partial charge is 0.302 e. The van der Waals surface area contributed by atoms with Crippen LogP contribution in [0.25, 0.3) is 16.8 Å². The van der Waals surface area contributed by atoms with Gasteiger partial charge in [-0.2, -0.15) is 0 Å². The van der Waals surface area contributed by atoms with Gasteiger partial charge in [-0.15, -0.1) is 0 Å². The zero-order chi connectivity index (χ0) is 26.6. The first-order chi connectivity index (χ1) is 17.5. The summed E-state index contributed by atoms with van der Waals surface area (Å²) in [5, 5.41) is 11.9. The number of aryl methyl sites for hydroxylation is 1. The first-order valence-electron chi connectivity index (χ1n) is 11.8. The largest absolute Gasteiger partial charge is 0.507 e. The number of fused-ring (bicyclic) bond motifs is 1. The molecule has 1 fully saturated rings. The third-order valence-corrected chi connectivity index (χ3v) is 7.32.